The van der Waals surface area contributed by atoms with Crippen LogP contribution in [0.1, 0.15) is 38.5 Å². The minimum absolute atomic E-state index is 0.0105. The molecule has 0 bridgehead atoms. The van der Waals surface area contributed by atoms with Crippen LogP contribution in [0.4, 0.5) is 0 Å². The van der Waals surface area contributed by atoms with E-state index in [1.165, 1.54) is 0 Å². The Morgan fingerprint density at radius 2 is 2.15 bits per heavy atom. The zero-order valence-corrected chi connectivity index (χ0v) is 12.9. The quantitative estimate of drug-likeness (QED) is 0.778. The molecule has 1 saturated heterocycles. The van der Waals surface area contributed by atoms with Crippen molar-refractivity contribution in [2.45, 2.75) is 44.6 Å². The molecule has 20 heavy (non-hydrogen) atoms. The first-order valence-electron chi connectivity index (χ1n) is 7.36. The lowest BCUT2D eigenvalue weighted by atomic mass is 9.99. The highest BCUT2D eigenvalue weighted by molar-refractivity contribution is 7.88. The van der Waals surface area contributed by atoms with Gasteiger partial charge in [0.15, 0.2) is 0 Å². The van der Waals surface area contributed by atoms with Crippen molar-refractivity contribution in [3.8, 4) is 0 Å². The van der Waals surface area contributed by atoms with Crippen molar-refractivity contribution in [3.05, 3.63) is 12.2 Å². The van der Waals surface area contributed by atoms with Crippen LogP contribution >= 0.6 is 0 Å². The second kappa shape index (κ2) is 6.72. The summed E-state index contributed by atoms with van der Waals surface area (Å²) < 4.78 is 24.9. The first-order chi connectivity index (χ1) is 9.46. The van der Waals surface area contributed by atoms with Gasteiger partial charge in [-0.3, -0.25) is 4.79 Å². The summed E-state index contributed by atoms with van der Waals surface area (Å²) in [7, 11) is -3.19. The van der Waals surface area contributed by atoms with Crippen LogP contribution in [-0.4, -0.2) is 44.6 Å². The molecule has 5 nitrogen and oxygen atoms in total. The first kappa shape index (κ1) is 15.5. The van der Waals surface area contributed by atoms with E-state index in [0.717, 1.165) is 44.9 Å². The fraction of sp³-hybridized carbons (Fsp3) is 0.786. The van der Waals surface area contributed by atoms with E-state index in [1.807, 2.05) is 4.90 Å². The zero-order chi connectivity index (χ0) is 14.6. The van der Waals surface area contributed by atoms with Gasteiger partial charge in [0.1, 0.15) is 0 Å². The maximum atomic E-state index is 12.4. The van der Waals surface area contributed by atoms with Crippen molar-refractivity contribution in [1.82, 2.24) is 9.62 Å². The maximum Gasteiger partial charge on any atom is 0.223 e. The maximum absolute atomic E-state index is 12.4. The van der Waals surface area contributed by atoms with Crippen LogP contribution in [0.2, 0.25) is 0 Å². The van der Waals surface area contributed by atoms with Crippen LogP contribution in [0.5, 0.6) is 0 Å². The summed E-state index contributed by atoms with van der Waals surface area (Å²) in [5, 5.41) is 0. The van der Waals surface area contributed by atoms with E-state index in [1.54, 1.807) is 0 Å². The highest BCUT2D eigenvalue weighted by Gasteiger charge is 2.28. The molecule has 1 heterocycles. The molecule has 1 N–H and O–H groups in total. The summed E-state index contributed by atoms with van der Waals surface area (Å²) in [6, 6.07) is 0.0105. The molecule has 2 unspecified atom stereocenters. The molecule has 2 aliphatic rings. The Bertz CT molecular complexity index is 473. The Morgan fingerprint density at radius 1 is 1.35 bits per heavy atom. The summed E-state index contributed by atoms with van der Waals surface area (Å²) in [4.78, 5) is 14.3. The number of piperidine rings is 1. The molecular formula is C14H24N2O3S. The number of hydrogen-bond acceptors (Lipinski definition) is 3. The normalized spacial score (nSPS) is 26.9. The number of carbonyl (C=O) groups is 1. The Kier molecular flexibility index (Phi) is 5.21. The third-order valence-electron chi connectivity index (χ3n) is 4.08. The molecule has 1 aliphatic heterocycles. The van der Waals surface area contributed by atoms with Gasteiger partial charge in [-0.1, -0.05) is 12.2 Å². The Morgan fingerprint density at radius 3 is 2.80 bits per heavy atom. The zero-order valence-electron chi connectivity index (χ0n) is 12.0. The van der Waals surface area contributed by atoms with Gasteiger partial charge in [0.05, 0.1) is 6.26 Å². The third-order valence-corrected chi connectivity index (χ3v) is 4.77. The fourth-order valence-corrected chi connectivity index (χ4v) is 3.49. The Balaban J connectivity index is 1.91. The van der Waals surface area contributed by atoms with Gasteiger partial charge in [0.2, 0.25) is 15.9 Å². The van der Waals surface area contributed by atoms with Gasteiger partial charge in [0, 0.05) is 25.6 Å². The molecule has 1 amide bonds. The second-order valence-corrected chi connectivity index (χ2v) is 7.66. The molecule has 114 valence electrons. The molecule has 1 fully saturated rings. The van der Waals surface area contributed by atoms with Crippen molar-refractivity contribution >= 4 is 15.9 Å². The number of nitrogens with zero attached hydrogens (tertiary/aromatic N) is 1. The predicted molar refractivity (Wildman–Crippen MR) is 78.7 cm³/mol. The fourth-order valence-electron chi connectivity index (χ4n) is 3.00. The van der Waals surface area contributed by atoms with Crippen molar-refractivity contribution in [3.63, 3.8) is 0 Å². The van der Waals surface area contributed by atoms with Crippen LogP contribution in [0, 0.1) is 5.92 Å². The van der Waals surface area contributed by atoms with Crippen LogP contribution in [0.3, 0.4) is 0 Å². The van der Waals surface area contributed by atoms with Gasteiger partial charge in [-0.05, 0) is 38.0 Å². The van der Waals surface area contributed by atoms with Gasteiger partial charge < -0.3 is 4.90 Å². The molecule has 0 spiro atoms. The standard InChI is InChI=1S/C14H24N2O3S/c1-20(18,19)15-11-13-8-4-5-9-16(13)14(17)10-12-6-2-3-7-12/h2,6,12-13,15H,3-5,7-11H2,1H3. The minimum atomic E-state index is -3.19. The Labute approximate surface area is 121 Å². The van der Waals surface area contributed by atoms with E-state index >= 15 is 0 Å². The summed E-state index contributed by atoms with van der Waals surface area (Å²) in [6.07, 6.45) is 11.1. The van der Waals surface area contributed by atoms with Gasteiger partial charge in [0.25, 0.3) is 0 Å². The molecule has 0 aromatic heterocycles. The highest BCUT2D eigenvalue weighted by atomic mass is 32.2. The van der Waals surface area contributed by atoms with E-state index in [-0.39, 0.29) is 11.9 Å². The summed E-state index contributed by atoms with van der Waals surface area (Å²) in [5.41, 5.74) is 0. The largest absolute Gasteiger partial charge is 0.338 e. The summed E-state index contributed by atoms with van der Waals surface area (Å²) in [6.45, 7) is 1.09. The number of nitrogens with one attached hydrogen (secondary N) is 1. The molecule has 6 heteroatoms. The van der Waals surface area contributed by atoms with E-state index in [9.17, 15) is 13.2 Å². The topological polar surface area (TPSA) is 66.5 Å². The average Bonchev–Trinajstić information content (AvgIpc) is 2.88. The monoisotopic (exact) mass is 300 g/mol. The van der Waals surface area contributed by atoms with Crippen LogP contribution in [-0.2, 0) is 14.8 Å². The summed E-state index contributed by atoms with van der Waals surface area (Å²) in [5.74, 6) is 0.537. The molecule has 0 radical (unpaired) electrons. The minimum Gasteiger partial charge on any atom is -0.338 e. The molecule has 2 atom stereocenters. The van der Waals surface area contributed by atoms with E-state index in [2.05, 4.69) is 16.9 Å². The molecular weight excluding hydrogens is 276 g/mol. The SMILES string of the molecule is CS(=O)(=O)NCC1CCCCN1C(=O)CC1C=CCC1. The van der Waals surface area contributed by atoms with E-state index < -0.39 is 10.0 Å². The molecule has 2 rings (SSSR count). The van der Waals surface area contributed by atoms with Crippen molar-refractivity contribution in [2.75, 3.05) is 19.3 Å². The predicted octanol–water partition coefficient (Wildman–Crippen LogP) is 1.27. The number of amides is 1. The summed E-state index contributed by atoms with van der Waals surface area (Å²) >= 11 is 0. The van der Waals surface area contributed by atoms with Gasteiger partial charge >= 0.3 is 0 Å². The van der Waals surface area contributed by atoms with Gasteiger partial charge in [-0.25, -0.2) is 13.1 Å². The lowest BCUT2D eigenvalue weighted by Gasteiger charge is -2.36. The van der Waals surface area contributed by atoms with E-state index in [4.69, 9.17) is 0 Å². The lowest BCUT2D eigenvalue weighted by molar-refractivity contribution is -0.135. The van der Waals surface area contributed by atoms with Gasteiger partial charge in [-0.15, -0.1) is 0 Å². The van der Waals surface area contributed by atoms with Gasteiger partial charge in [-0.2, -0.15) is 0 Å². The average molecular weight is 300 g/mol. The number of carbonyl (C=O) groups excluding carboxylic acids is 1. The highest BCUT2D eigenvalue weighted by Crippen LogP contribution is 2.24. The molecule has 0 saturated carbocycles. The van der Waals surface area contributed by atoms with Crippen molar-refractivity contribution < 1.29 is 13.2 Å². The lowest BCUT2D eigenvalue weighted by Crippen LogP contribution is -2.49. The molecule has 0 aromatic carbocycles. The first-order valence-corrected chi connectivity index (χ1v) is 9.25. The van der Waals surface area contributed by atoms with Crippen molar-refractivity contribution in [2.24, 2.45) is 5.92 Å². The third kappa shape index (κ3) is 4.59. The van der Waals surface area contributed by atoms with Crippen LogP contribution in [0.15, 0.2) is 12.2 Å². The number of sulfonamides is 1. The van der Waals surface area contributed by atoms with E-state index in [0.29, 0.717) is 18.9 Å². The van der Waals surface area contributed by atoms with Crippen LogP contribution < -0.4 is 4.72 Å². The number of allylic oxidation sites excluding steroid dienone is 2. The second-order valence-electron chi connectivity index (χ2n) is 5.83. The smallest absolute Gasteiger partial charge is 0.223 e. The number of rotatable bonds is 5. The molecule has 1 aliphatic carbocycles. The number of hydrogen-bond donors (Lipinski definition) is 1. The number of likely N-dealkylation sites (tertiary alicyclic amines) is 1. The van der Waals surface area contributed by atoms with Crippen molar-refractivity contribution in [1.29, 1.82) is 0 Å². The Hall–Kier alpha value is -0.880. The van der Waals surface area contributed by atoms with Crippen LogP contribution in [0.25, 0.3) is 0 Å². The molecule has 0 aromatic rings.